The van der Waals surface area contributed by atoms with E-state index < -0.39 is 45.5 Å². The van der Waals surface area contributed by atoms with Gasteiger partial charge >= 0.3 is 12.1 Å². The first-order valence-corrected chi connectivity index (χ1v) is 7.26. The average molecular weight is 366 g/mol. The molecule has 0 atom stereocenters. The summed E-state index contributed by atoms with van der Waals surface area (Å²) in [6.07, 6.45) is -4.74. The highest BCUT2D eigenvalue weighted by Gasteiger charge is 2.34. The van der Waals surface area contributed by atoms with Crippen LogP contribution in [0, 0.1) is 0 Å². The zero-order chi connectivity index (χ0) is 17.4. The summed E-state index contributed by atoms with van der Waals surface area (Å²) in [6.45, 7) is 0. The maximum absolute atomic E-state index is 12.8. The van der Waals surface area contributed by atoms with E-state index in [9.17, 15) is 27.9 Å². The van der Waals surface area contributed by atoms with Gasteiger partial charge in [-0.3, -0.25) is 4.79 Å². The maximum Gasteiger partial charge on any atom is 0.417 e. The Hall–Kier alpha value is -2.00. The number of aliphatic hydroxyl groups excluding tert-OH is 1. The number of carbonyl (C=O) groups excluding carboxylic acids is 1. The van der Waals surface area contributed by atoms with Gasteiger partial charge < -0.3 is 10.2 Å². The SMILES string of the molecule is O=C(O)C1=C(O)CSC1=NC(=O)c1ccc(Cl)c(C(F)(F)F)c1. The molecule has 10 heteroatoms. The van der Waals surface area contributed by atoms with Crippen LogP contribution in [0.3, 0.4) is 0 Å². The molecule has 0 bridgehead atoms. The lowest BCUT2D eigenvalue weighted by molar-refractivity contribution is -0.137. The molecular weight excluding hydrogens is 359 g/mol. The topological polar surface area (TPSA) is 87.0 Å². The quantitative estimate of drug-likeness (QED) is 0.837. The minimum absolute atomic E-state index is 0.0812. The molecule has 2 rings (SSSR count). The molecule has 0 saturated heterocycles. The zero-order valence-corrected chi connectivity index (χ0v) is 12.6. The number of carbonyl (C=O) groups is 2. The molecule has 122 valence electrons. The number of aliphatic imine (C=N–C) groups is 1. The lowest BCUT2D eigenvalue weighted by Gasteiger charge is -2.09. The second-order valence-electron chi connectivity index (χ2n) is 4.33. The van der Waals surface area contributed by atoms with Crippen LogP contribution in [-0.4, -0.2) is 32.9 Å². The van der Waals surface area contributed by atoms with Crippen molar-refractivity contribution in [3.63, 3.8) is 0 Å². The Labute approximate surface area is 136 Å². The lowest BCUT2D eigenvalue weighted by Crippen LogP contribution is -2.11. The number of halogens is 4. The van der Waals surface area contributed by atoms with Gasteiger partial charge in [0.15, 0.2) is 0 Å². The summed E-state index contributed by atoms with van der Waals surface area (Å²) in [7, 11) is 0. The van der Waals surface area contributed by atoms with E-state index in [1.165, 1.54) is 0 Å². The number of nitrogens with zero attached hydrogens (tertiary/aromatic N) is 1. The van der Waals surface area contributed by atoms with Crippen molar-refractivity contribution in [3.8, 4) is 0 Å². The van der Waals surface area contributed by atoms with Gasteiger partial charge in [0, 0.05) is 5.56 Å². The number of carboxylic acids is 1. The molecule has 0 unspecified atom stereocenters. The third-order valence-electron chi connectivity index (χ3n) is 2.78. The van der Waals surface area contributed by atoms with Crippen LogP contribution in [0.1, 0.15) is 15.9 Å². The van der Waals surface area contributed by atoms with E-state index in [0.29, 0.717) is 6.07 Å². The number of hydrogen-bond acceptors (Lipinski definition) is 4. The summed E-state index contributed by atoms with van der Waals surface area (Å²) in [6, 6.07) is 2.50. The lowest BCUT2D eigenvalue weighted by atomic mass is 10.1. The Morgan fingerprint density at radius 2 is 1.96 bits per heavy atom. The fourth-order valence-electron chi connectivity index (χ4n) is 1.74. The maximum atomic E-state index is 12.8. The summed E-state index contributed by atoms with van der Waals surface area (Å²) in [5.74, 6) is -3.09. The molecule has 0 saturated carbocycles. The monoisotopic (exact) mass is 365 g/mol. The molecule has 2 N–H and O–H groups in total. The van der Waals surface area contributed by atoms with Gasteiger partial charge in [-0.15, -0.1) is 0 Å². The summed E-state index contributed by atoms with van der Waals surface area (Å²) >= 11 is 6.25. The second kappa shape index (κ2) is 6.25. The van der Waals surface area contributed by atoms with Crippen molar-refractivity contribution in [1.82, 2.24) is 0 Å². The van der Waals surface area contributed by atoms with E-state index in [-0.39, 0.29) is 10.8 Å². The van der Waals surface area contributed by atoms with Crippen molar-refractivity contribution in [2.24, 2.45) is 4.99 Å². The van der Waals surface area contributed by atoms with Crippen LogP contribution >= 0.6 is 23.4 Å². The molecule has 23 heavy (non-hydrogen) atoms. The van der Waals surface area contributed by atoms with Crippen LogP contribution < -0.4 is 0 Å². The fraction of sp³-hybridized carbons (Fsp3) is 0.154. The van der Waals surface area contributed by atoms with Gasteiger partial charge in [-0.2, -0.15) is 13.2 Å². The van der Waals surface area contributed by atoms with E-state index in [2.05, 4.69) is 4.99 Å². The highest BCUT2D eigenvalue weighted by molar-refractivity contribution is 8.15. The predicted octanol–water partition coefficient (Wildman–Crippen LogP) is 3.54. The number of benzene rings is 1. The van der Waals surface area contributed by atoms with E-state index in [4.69, 9.17) is 16.7 Å². The predicted molar refractivity (Wildman–Crippen MR) is 78.0 cm³/mol. The zero-order valence-electron chi connectivity index (χ0n) is 11.0. The van der Waals surface area contributed by atoms with E-state index in [0.717, 1.165) is 23.9 Å². The molecule has 1 aliphatic rings. The van der Waals surface area contributed by atoms with Gasteiger partial charge in [-0.1, -0.05) is 23.4 Å². The molecule has 0 aromatic heterocycles. The van der Waals surface area contributed by atoms with Crippen LogP contribution in [0.15, 0.2) is 34.5 Å². The number of carboxylic acid groups (broad SMARTS) is 1. The molecule has 1 heterocycles. The first-order valence-electron chi connectivity index (χ1n) is 5.89. The molecular formula is C13H7ClF3NO4S. The van der Waals surface area contributed by atoms with Crippen LogP contribution in [-0.2, 0) is 11.0 Å². The van der Waals surface area contributed by atoms with Gasteiger partial charge in [-0.25, -0.2) is 9.79 Å². The minimum Gasteiger partial charge on any atom is -0.510 e. The highest BCUT2D eigenvalue weighted by Crippen LogP contribution is 2.35. The van der Waals surface area contributed by atoms with Crippen molar-refractivity contribution in [2.45, 2.75) is 6.18 Å². The Balaban J connectivity index is 2.39. The fourth-order valence-corrected chi connectivity index (χ4v) is 2.88. The third-order valence-corrected chi connectivity index (χ3v) is 4.10. The number of thioether (sulfide) groups is 1. The number of aliphatic carboxylic acids is 1. The normalized spacial score (nSPS) is 17.0. The van der Waals surface area contributed by atoms with Gasteiger partial charge in [-0.05, 0) is 18.2 Å². The van der Waals surface area contributed by atoms with Crippen molar-refractivity contribution in [2.75, 3.05) is 5.75 Å². The minimum atomic E-state index is -4.74. The van der Waals surface area contributed by atoms with Gasteiger partial charge in [0.25, 0.3) is 5.91 Å². The Bertz CT molecular complexity index is 758. The summed E-state index contributed by atoms with van der Waals surface area (Å²) < 4.78 is 38.3. The molecule has 1 aliphatic heterocycles. The average Bonchev–Trinajstić information content (AvgIpc) is 2.78. The smallest absolute Gasteiger partial charge is 0.417 e. The highest BCUT2D eigenvalue weighted by atomic mass is 35.5. The number of aliphatic hydroxyl groups is 1. The number of amides is 1. The van der Waals surface area contributed by atoms with E-state index in [1.54, 1.807) is 0 Å². The van der Waals surface area contributed by atoms with Crippen molar-refractivity contribution >= 4 is 40.3 Å². The Morgan fingerprint density at radius 1 is 1.30 bits per heavy atom. The van der Waals surface area contributed by atoms with Crippen LogP contribution in [0.2, 0.25) is 5.02 Å². The standard InChI is InChI=1S/C13H7ClF3NO4S/c14-7-2-1-5(3-6(7)13(15,16)17)10(20)18-11-9(12(21)22)8(19)4-23-11/h1-3,19H,4H2,(H,21,22). The molecule has 0 spiro atoms. The Morgan fingerprint density at radius 3 is 2.52 bits per heavy atom. The largest absolute Gasteiger partial charge is 0.510 e. The van der Waals surface area contributed by atoms with Gasteiger partial charge in [0.2, 0.25) is 0 Å². The van der Waals surface area contributed by atoms with E-state index >= 15 is 0 Å². The van der Waals surface area contributed by atoms with Crippen LogP contribution in [0.5, 0.6) is 0 Å². The van der Waals surface area contributed by atoms with Crippen molar-refractivity contribution in [3.05, 3.63) is 45.7 Å². The Kier molecular flexibility index (Phi) is 4.71. The van der Waals surface area contributed by atoms with Gasteiger partial charge in [0.05, 0.1) is 16.3 Å². The summed E-state index contributed by atoms with van der Waals surface area (Å²) in [4.78, 5) is 26.4. The van der Waals surface area contributed by atoms with E-state index in [1.807, 2.05) is 0 Å². The first-order chi connectivity index (χ1) is 10.6. The van der Waals surface area contributed by atoms with Crippen molar-refractivity contribution in [1.29, 1.82) is 0 Å². The molecule has 0 fully saturated rings. The number of alkyl halides is 3. The van der Waals surface area contributed by atoms with Crippen LogP contribution in [0.4, 0.5) is 13.2 Å². The number of hydrogen-bond donors (Lipinski definition) is 2. The van der Waals surface area contributed by atoms with Crippen molar-refractivity contribution < 1.29 is 33.0 Å². The molecule has 1 amide bonds. The molecule has 1 aromatic rings. The summed E-state index contributed by atoms with van der Waals surface area (Å²) in [5, 5.41) is 17.5. The third kappa shape index (κ3) is 3.67. The molecule has 0 radical (unpaired) electrons. The van der Waals surface area contributed by atoms with Gasteiger partial charge in [0.1, 0.15) is 16.4 Å². The number of rotatable bonds is 2. The molecule has 1 aromatic carbocycles. The second-order valence-corrected chi connectivity index (χ2v) is 5.70. The molecule has 0 aliphatic carbocycles. The summed E-state index contributed by atoms with van der Waals surface area (Å²) in [5.41, 5.74) is -2.12. The first kappa shape index (κ1) is 17.4. The molecule has 5 nitrogen and oxygen atoms in total. The van der Waals surface area contributed by atoms with Crippen LogP contribution in [0.25, 0.3) is 0 Å².